The minimum atomic E-state index is -4.54. The van der Waals surface area contributed by atoms with Crippen LogP contribution in [-0.2, 0) is 9.53 Å². The molecule has 0 aliphatic carbocycles. The van der Waals surface area contributed by atoms with Crippen LogP contribution in [0.1, 0.15) is 11.1 Å². The molecule has 0 aromatic heterocycles. The van der Waals surface area contributed by atoms with Crippen LogP contribution in [0.4, 0.5) is 24.5 Å². The number of hydrogen-bond acceptors (Lipinski definition) is 4. The third-order valence-corrected chi connectivity index (χ3v) is 4.66. The molecule has 1 unspecified atom stereocenters. The molecule has 154 valence electrons. The fourth-order valence-corrected chi connectivity index (χ4v) is 3.11. The monoisotopic (exact) mass is 425 g/mol. The zero-order valence-corrected chi connectivity index (χ0v) is 16.4. The second-order valence-electron chi connectivity index (χ2n) is 6.54. The SMILES string of the molecule is Cc1cccc(C)c1NC(=O)COC1=CC(C(F)(F)F)NN1c1ccccc1Cl. The Hall–Kier alpha value is -2.71. The van der Waals surface area contributed by atoms with Crippen LogP contribution >= 0.6 is 11.6 Å². The highest BCUT2D eigenvalue weighted by Crippen LogP contribution is 2.34. The first-order valence-corrected chi connectivity index (χ1v) is 9.13. The van der Waals surface area contributed by atoms with Crippen molar-refractivity contribution in [2.75, 3.05) is 16.9 Å². The molecule has 5 nitrogen and oxygen atoms in total. The average Bonchev–Trinajstić information content (AvgIpc) is 3.08. The molecule has 1 amide bonds. The molecule has 2 N–H and O–H groups in total. The predicted molar refractivity (Wildman–Crippen MR) is 105 cm³/mol. The van der Waals surface area contributed by atoms with Gasteiger partial charge in [-0.3, -0.25) is 4.79 Å². The fraction of sp³-hybridized carbons (Fsp3) is 0.250. The molecular weight excluding hydrogens is 407 g/mol. The maximum absolute atomic E-state index is 13.2. The number of nitrogens with zero attached hydrogens (tertiary/aromatic N) is 1. The molecule has 9 heteroatoms. The summed E-state index contributed by atoms with van der Waals surface area (Å²) in [6.07, 6.45) is -3.67. The number of alkyl halides is 3. The summed E-state index contributed by atoms with van der Waals surface area (Å²) in [5.74, 6) is -0.644. The van der Waals surface area contributed by atoms with Gasteiger partial charge in [0, 0.05) is 11.8 Å². The van der Waals surface area contributed by atoms with Crippen molar-refractivity contribution in [3.63, 3.8) is 0 Å². The van der Waals surface area contributed by atoms with Gasteiger partial charge in [-0.25, -0.2) is 10.4 Å². The van der Waals surface area contributed by atoms with Crippen LogP contribution in [0.2, 0.25) is 5.02 Å². The van der Waals surface area contributed by atoms with E-state index in [1.54, 1.807) is 24.3 Å². The molecule has 0 radical (unpaired) electrons. The molecule has 1 atom stereocenters. The van der Waals surface area contributed by atoms with E-state index >= 15 is 0 Å². The summed E-state index contributed by atoms with van der Waals surface area (Å²) < 4.78 is 45.0. The van der Waals surface area contributed by atoms with E-state index in [0.29, 0.717) is 5.69 Å². The van der Waals surface area contributed by atoms with Gasteiger partial charge in [-0.05, 0) is 37.1 Å². The highest BCUT2D eigenvalue weighted by molar-refractivity contribution is 6.33. The molecule has 1 aliphatic rings. The van der Waals surface area contributed by atoms with Crippen molar-refractivity contribution in [3.8, 4) is 0 Å². The van der Waals surface area contributed by atoms with Gasteiger partial charge in [-0.15, -0.1) is 0 Å². The number of halogens is 4. The number of rotatable bonds is 5. The Labute approximate surface area is 171 Å². The first-order chi connectivity index (χ1) is 13.7. The molecule has 3 rings (SSSR count). The number of hydrazine groups is 1. The number of benzene rings is 2. The summed E-state index contributed by atoms with van der Waals surface area (Å²) >= 11 is 6.11. The summed E-state index contributed by atoms with van der Waals surface area (Å²) in [5, 5.41) is 4.06. The van der Waals surface area contributed by atoms with Gasteiger partial charge in [0.05, 0.1) is 10.7 Å². The summed E-state index contributed by atoms with van der Waals surface area (Å²) in [6, 6.07) is 9.98. The van der Waals surface area contributed by atoms with Crippen LogP contribution in [0, 0.1) is 13.8 Å². The molecule has 29 heavy (non-hydrogen) atoms. The second kappa shape index (κ2) is 8.34. The van der Waals surface area contributed by atoms with E-state index in [4.69, 9.17) is 16.3 Å². The lowest BCUT2D eigenvalue weighted by molar-refractivity contribution is -0.142. The Balaban J connectivity index is 1.75. The molecule has 2 aromatic carbocycles. The lowest BCUT2D eigenvalue weighted by Crippen LogP contribution is -2.45. The van der Waals surface area contributed by atoms with Gasteiger partial charge in [-0.1, -0.05) is 41.9 Å². The van der Waals surface area contributed by atoms with Crippen molar-refractivity contribution >= 4 is 28.9 Å². The number of nitrogens with one attached hydrogen (secondary N) is 2. The molecular formula is C20H19ClF3N3O2. The number of ether oxygens (including phenoxy) is 1. The number of carbonyl (C=O) groups is 1. The Bertz CT molecular complexity index is 927. The Kier molecular flexibility index (Phi) is 6.04. The van der Waals surface area contributed by atoms with Gasteiger partial charge < -0.3 is 10.1 Å². The van der Waals surface area contributed by atoms with Crippen molar-refractivity contribution in [2.24, 2.45) is 0 Å². The molecule has 0 spiro atoms. The lowest BCUT2D eigenvalue weighted by atomic mass is 10.1. The van der Waals surface area contributed by atoms with E-state index in [0.717, 1.165) is 22.2 Å². The highest BCUT2D eigenvalue weighted by Gasteiger charge is 2.44. The maximum atomic E-state index is 13.2. The second-order valence-corrected chi connectivity index (χ2v) is 6.95. The number of anilines is 2. The topological polar surface area (TPSA) is 53.6 Å². The van der Waals surface area contributed by atoms with E-state index in [1.165, 1.54) is 0 Å². The van der Waals surface area contributed by atoms with Crippen molar-refractivity contribution in [1.82, 2.24) is 5.43 Å². The quantitative estimate of drug-likeness (QED) is 0.728. The van der Waals surface area contributed by atoms with E-state index in [-0.39, 0.29) is 16.6 Å². The lowest BCUT2D eigenvalue weighted by Gasteiger charge is -2.25. The predicted octanol–water partition coefficient (Wildman–Crippen LogP) is 4.71. The molecule has 1 heterocycles. The van der Waals surface area contributed by atoms with Gasteiger partial charge in [0.1, 0.15) is 6.04 Å². The van der Waals surface area contributed by atoms with Crippen molar-refractivity contribution in [1.29, 1.82) is 0 Å². The highest BCUT2D eigenvalue weighted by atomic mass is 35.5. The summed E-state index contributed by atoms with van der Waals surface area (Å²) in [5.41, 5.74) is 4.97. The van der Waals surface area contributed by atoms with Crippen LogP contribution in [-0.4, -0.2) is 24.7 Å². The molecule has 0 fully saturated rings. The first-order valence-electron chi connectivity index (χ1n) is 8.75. The Morgan fingerprint density at radius 2 is 1.83 bits per heavy atom. The van der Waals surface area contributed by atoms with Crippen LogP contribution in [0.5, 0.6) is 0 Å². The van der Waals surface area contributed by atoms with Gasteiger partial charge in [0.15, 0.2) is 6.61 Å². The average molecular weight is 426 g/mol. The molecule has 1 aliphatic heterocycles. The molecule has 2 aromatic rings. The number of carbonyl (C=O) groups excluding carboxylic acids is 1. The van der Waals surface area contributed by atoms with Gasteiger partial charge in [0.2, 0.25) is 5.88 Å². The van der Waals surface area contributed by atoms with E-state index in [9.17, 15) is 18.0 Å². The number of para-hydroxylation sites is 2. The Morgan fingerprint density at radius 3 is 2.45 bits per heavy atom. The zero-order valence-electron chi connectivity index (χ0n) is 15.7. The summed E-state index contributed by atoms with van der Waals surface area (Å²) in [6.45, 7) is 3.23. The van der Waals surface area contributed by atoms with E-state index in [2.05, 4.69) is 10.7 Å². The van der Waals surface area contributed by atoms with Crippen LogP contribution in [0.25, 0.3) is 0 Å². The smallest absolute Gasteiger partial charge is 0.409 e. The molecule has 0 saturated heterocycles. The van der Waals surface area contributed by atoms with Crippen molar-refractivity contribution in [3.05, 3.63) is 70.6 Å². The van der Waals surface area contributed by atoms with Crippen LogP contribution < -0.4 is 15.8 Å². The number of hydrogen-bond donors (Lipinski definition) is 2. The normalized spacial score (nSPS) is 16.6. The largest absolute Gasteiger partial charge is 0.468 e. The van der Waals surface area contributed by atoms with Gasteiger partial charge >= 0.3 is 6.18 Å². The minimum Gasteiger partial charge on any atom is -0.468 e. The van der Waals surface area contributed by atoms with Crippen LogP contribution in [0.15, 0.2) is 54.4 Å². The van der Waals surface area contributed by atoms with Crippen LogP contribution in [0.3, 0.4) is 0 Å². The number of amides is 1. The molecule has 0 saturated carbocycles. The minimum absolute atomic E-state index is 0.155. The van der Waals surface area contributed by atoms with Crippen molar-refractivity contribution < 1.29 is 22.7 Å². The Morgan fingerprint density at radius 1 is 1.17 bits per heavy atom. The first kappa shape index (κ1) is 21.0. The summed E-state index contributed by atoms with van der Waals surface area (Å²) in [4.78, 5) is 12.3. The van der Waals surface area contributed by atoms with E-state index < -0.39 is 24.7 Å². The molecule has 0 bridgehead atoms. The third kappa shape index (κ3) is 4.83. The van der Waals surface area contributed by atoms with Gasteiger partial charge in [-0.2, -0.15) is 13.2 Å². The standard InChI is InChI=1S/C20H19ClF3N3O2/c1-12-6-5-7-13(2)19(12)25-17(28)11-29-18-10-16(20(22,23)24)26-27(18)15-9-4-3-8-14(15)21/h3-10,16,26H,11H2,1-2H3,(H,25,28). The number of aryl methyl sites for hydroxylation is 2. The van der Waals surface area contributed by atoms with Gasteiger partial charge in [0.25, 0.3) is 5.91 Å². The van der Waals surface area contributed by atoms with E-state index in [1.807, 2.05) is 32.0 Å². The third-order valence-electron chi connectivity index (χ3n) is 4.34. The zero-order chi connectivity index (χ0) is 21.2. The maximum Gasteiger partial charge on any atom is 0.409 e. The van der Waals surface area contributed by atoms with Crippen molar-refractivity contribution in [2.45, 2.75) is 26.1 Å². The summed E-state index contributed by atoms with van der Waals surface area (Å²) in [7, 11) is 0. The fourth-order valence-electron chi connectivity index (χ4n) is 2.89.